The van der Waals surface area contributed by atoms with Gasteiger partial charge in [-0.15, -0.1) is 0 Å². The molecule has 2 aromatic rings. The number of carbonyl (C=O) groups excluding carboxylic acids is 1. The highest BCUT2D eigenvalue weighted by molar-refractivity contribution is 5.94. The summed E-state index contributed by atoms with van der Waals surface area (Å²) in [6, 6.07) is 2.90. The van der Waals surface area contributed by atoms with Gasteiger partial charge in [-0.3, -0.25) is 4.79 Å². The fraction of sp³-hybridized carbons (Fsp3) is 0.412. The molecule has 1 amide bonds. The molecule has 0 fully saturated rings. The lowest BCUT2D eigenvalue weighted by atomic mass is 9.85. The fourth-order valence-corrected chi connectivity index (χ4v) is 3.18. The highest BCUT2D eigenvalue weighted by atomic mass is 19.1. The molecule has 6 nitrogen and oxygen atoms in total. The van der Waals surface area contributed by atoms with E-state index in [-0.39, 0.29) is 30.0 Å². The molecule has 0 saturated carbocycles. The van der Waals surface area contributed by atoms with Crippen LogP contribution in [0.2, 0.25) is 0 Å². The number of amides is 1. The van der Waals surface area contributed by atoms with Gasteiger partial charge in [-0.25, -0.2) is 9.07 Å². The first-order valence-corrected chi connectivity index (χ1v) is 7.78. The summed E-state index contributed by atoms with van der Waals surface area (Å²) in [6.45, 7) is 5.83. The van der Waals surface area contributed by atoms with Crippen LogP contribution in [0.15, 0.2) is 12.1 Å². The number of halogens is 1. The number of nitrogens with one attached hydrogen (secondary N) is 1. The second-order valence-corrected chi connectivity index (χ2v) is 6.24. The van der Waals surface area contributed by atoms with Crippen LogP contribution in [0.3, 0.4) is 0 Å². The molecule has 0 bridgehead atoms. The molecule has 1 aromatic carbocycles. The molecule has 1 unspecified atom stereocenters. The fourth-order valence-electron chi connectivity index (χ4n) is 3.18. The Hall–Kier alpha value is -2.57. The predicted molar refractivity (Wildman–Crippen MR) is 87.1 cm³/mol. The summed E-state index contributed by atoms with van der Waals surface area (Å²) in [5, 5.41) is 17.1. The lowest BCUT2D eigenvalue weighted by Crippen LogP contribution is -2.25. The summed E-state index contributed by atoms with van der Waals surface area (Å²) in [5.41, 5.74) is 2.23. The van der Waals surface area contributed by atoms with Gasteiger partial charge in [0.2, 0.25) is 5.91 Å². The second kappa shape index (κ2) is 5.81. The number of nitrogens with zero attached hydrogens (tertiary/aromatic N) is 2. The zero-order valence-corrected chi connectivity index (χ0v) is 14.1. The van der Waals surface area contributed by atoms with Gasteiger partial charge in [0.1, 0.15) is 5.82 Å². The van der Waals surface area contributed by atoms with Gasteiger partial charge in [0.25, 0.3) is 0 Å². The maximum atomic E-state index is 14.0. The van der Waals surface area contributed by atoms with Crippen LogP contribution < -0.4 is 10.1 Å². The molecule has 2 N–H and O–H groups in total. The first kappa shape index (κ1) is 16.3. The van der Waals surface area contributed by atoms with Crippen molar-refractivity contribution in [2.45, 2.75) is 39.2 Å². The zero-order chi connectivity index (χ0) is 17.6. The van der Waals surface area contributed by atoms with E-state index in [1.165, 1.54) is 13.2 Å². The number of methoxy groups -OCH3 is 1. The first-order valence-electron chi connectivity index (χ1n) is 7.78. The summed E-state index contributed by atoms with van der Waals surface area (Å²) in [6.07, 6.45) is 0.186. The third-order valence-electron chi connectivity index (χ3n) is 4.29. The van der Waals surface area contributed by atoms with Crippen molar-refractivity contribution in [3.63, 3.8) is 0 Å². The van der Waals surface area contributed by atoms with Gasteiger partial charge in [-0.05, 0) is 38.5 Å². The lowest BCUT2D eigenvalue weighted by Gasteiger charge is -2.25. The van der Waals surface area contributed by atoms with Crippen molar-refractivity contribution in [2.75, 3.05) is 12.4 Å². The molecule has 1 aromatic heterocycles. The second-order valence-electron chi connectivity index (χ2n) is 6.24. The molecular formula is C17H20FN3O3. The largest absolute Gasteiger partial charge is 0.502 e. The van der Waals surface area contributed by atoms with Gasteiger partial charge < -0.3 is 15.2 Å². The van der Waals surface area contributed by atoms with E-state index in [0.29, 0.717) is 11.4 Å². The van der Waals surface area contributed by atoms with Crippen LogP contribution in [0.4, 0.5) is 10.2 Å². The number of anilines is 1. The highest BCUT2D eigenvalue weighted by Gasteiger charge is 2.33. The molecule has 0 aliphatic carbocycles. The minimum Gasteiger partial charge on any atom is -0.502 e. The Morgan fingerprint density at radius 3 is 2.79 bits per heavy atom. The van der Waals surface area contributed by atoms with Crippen molar-refractivity contribution < 1.29 is 19.0 Å². The molecule has 3 rings (SSSR count). The Morgan fingerprint density at radius 2 is 2.17 bits per heavy atom. The van der Waals surface area contributed by atoms with E-state index in [1.54, 1.807) is 10.7 Å². The Kier molecular flexibility index (Phi) is 3.95. The van der Waals surface area contributed by atoms with Gasteiger partial charge in [-0.1, -0.05) is 0 Å². The summed E-state index contributed by atoms with van der Waals surface area (Å²) < 4.78 is 20.8. The number of aromatic nitrogens is 2. The Bertz CT molecular complexity index is 814. The summed E-state index contributed by atoms with van der Waals surface area (Å²) in [5.74, 6) is -1.10. The Balaban J connectivity index is 2.18. The number of benzene rings is 1. The number of phenols is 1. The molecule has 128 valence electrons. The normalized spacial score (nSPS) is 16.9. The molecule has 0 spiro atoms. The molecule has 1 atom stereocenters. The SMILES string of the molecule is COc1cc(C2CC(=O)Nc3c2c(C)nn3C(C)C)cc(F)c1O. The molecule has 2 heterocycles. The van der Waals surface area contributed by atoms with Gasteiger partial charge in [0.05, 0.1) is 12.8 Å². The van der Waals surface area contributed by atoms with Gasteiger partial charge in [0, 0.05) is 23.9 Å². The van der Waals surface area contributed by atoms with Crippen LogP contribution in [-0.2, 0) is 4.79 Å². The number of fused-ring (bicyclic) bond motifs is 1. The number of ether oxygens (including phenoxy) is 1. The number of carbonyl (C=O) groups is 1. The summed E-state index contributed by atoms with van der Waals surface area (Å²) >= 11 is 0. The first-order chi connectivity index (χ1) is 11.3. The standard InChI is InChI=1S/C17H20FN3O3/c1-8(2)21-17-15(9(3)20-21)11(7-14(22)19-17)10-5-12(18)16(23)13(6-10)24-4/h5-6,8,11,23H,7H2,1-4H3,(H,19,22). The quantitative estimate of drug-likeness (QED) is 0.905. The molecular weight excluding hydrogens is 313 g/mol. The van der Waals surface area contributed by atoms with Gasteiger partial charge in [0.15, 0.2) is 17.3 Å². The van der Waals surface area contributed by atoms with E-state index in [2.05, 4.69) is 10.4 Å². The number of hydrogen-bond acceptors (Lipinski definition) is 4. The van der Waals surface area contributed by atoms with Crippen molar-refractivity contribution in [1.29, 1.82) is 0 Å². The number of aryl methyl sites for hydroxylation is 1. The summed E-state index contributed by atoms with van der Waals surface area (Å²) in [4.78, 5) is 12.2. The van der Waals surface area contributed by atoms with E-state index >= 15 is 0 Å². The van der Waals surface area contributed by atoms with Crippen molar-refractivity contribution in [3.05, 3.63) is 34.8 Å². The third kappa shape index (κ3) is 2.50. The van der Waals surface area contributed by atoms with E-state index in [9.17, 15) is 14.3 Å². The number of aromatic hydroxyl groups is 1. The van der Waals surface area contributed by atoms with Crippen LogP contribution in [0, 0.1) is 12.7 Å². The lowest BCUT2D eigenvalue weighted by molar-refractivity contribution is -0.116. The van der Waals surface area contributed by atoms with E-state index in [4.69, 9.17) is 4.74 Å². The third-order valence-corrected chi connectivity index (χ3v) is 4.29. The Morgan fingerprint density at radius 1 is 1.46 bits per heavy atom. The number of rotatable bonds is 3. The van der Waals surface area contributed by atoms with E-state index in [0.717, 1.165) is 11.3 Å². The monoisotopic (exact) mass is 333 g/mol. The minimum atomic E-state index is -0.772. The van der Waals surface area contributed by atoms with Gasteiger partial charge >= 0.3 is 0 Å². The highest BCUT2D eigenvalue weighted by Crippen LogP contribution is 2.42. The zero-order valence-electron chi connectivity index (χ0n) is 14.1. The molecule has 1 aliphatic rings. The number of hydrogen-bond donors (Lipinski definition) is 2. The van der Waals surface area contributed by atoms with Gasteiger partial charge in [-0.2, -0.15) is 5.10 Å². The maximum absolute atomic E-state index is 14.0. The van der Waals surface area contributed by atoms with E-state index in [1.807, 2.05) is 20.8 Å². The molecule has 0 saturated heterocycles. The number of phenolic OH excluding ortho intramolecular Hbond substituents is 1. The van der Waals surface area contributed by atoms with Crippen molar-refractivity contribution in [3.8, 4) is 11.5 Å². The molecule has 7 heteroatoms. The average Bonchev–Trinajstić information content (AvgIpc) is 2.86. The molecule has 0 radical (unpaired) electrons. The average molecular weight is 333 g/mol. The smallest absolute Gasteiger partial charge is 0.226 e. The molecule has 24 heavy (non-hydrogen) atoms. The van der Waals surface area contributed by atoms with Crippen molar-refractivity contribution in [2.24, 2.45) is 0 Å². The maximum Gasteiger partial charge on any atom is 0.226 e. The summed E-state index contributed by atoms with van der Waals surface area (Å²) in [7, 11) is 1.36. The van der Waals surface area contributed by atoms with Crippen molar-refractivity contribution >= 4 is 11.7 Å². The predicted octanol–water partition coefficient (Wildman–Crippen LogP) is 3.10. The molecule has 1 aliphatic heterocycles. The van der Waals surface area contributed by atoms with Crippen LogP contribution in [0.5, 0.6) is 11.5 Å². The Labute approximate surface area is 139 Å². The van der Waals surface area contributed by atoms with E-state index < -0.39 is 11.6 Å². The van der Waals surface area contributed by atoms with Crippen LogP contribution >= 0.6 is 0 Å². The van der Waals surface area contributed by atoms with Crippen LogP contribution in [-0.4, -0.2) is 27.9 Å². The van der Waals surface area contributed by atoms with Crippen LogP contribution in [0.25, 0.3) is 0 Å². The van der Waals surface area contributed by atoms with Crippen LogP contribution in [0.1, 0.15) is 49.0 Å². The topological polar surface area (TPSA) is 76.4 Å². The van der Waals surface area contributed by atoms with Crippen molar-refractivity contribution in [1.82, 2.24) is 9.78 Å². The minimum absolute atomic E-state index is 0.0476.